The first-order valence-corrected chi connectivity index (χ1v) is 11.2. The molecule has 2 aromatic carbocycles. The van der Waals surface area contributed by atoms with Crippen LogP contribution in [0.4, 0.5) is 0 Å². The minimum atomic E-state index is -0.370. The maximum absolute atomic E-state index is 12.4. The van der Waals surface area contributed by atoms with Crippen molar-refractivity contribution < 1.29 is 14.3 Å². The average molecular weight is 418 g/mol. The lowest BCUT2D eigenvalue weighted by molar-refractivity contribution is 0.0734. The highest BCUT2D eigenvalue weighted by Gasteiger charge is 2.09. The summed E-state index contributed by atoms with van der Waals surface area (Å²) < 4.78 is 11.0. The van der Waals surface area contributed by atoms with Crippen LogP contribution in [0.1, 0.15) is 61.9 Å². The quantitative estimate of drug-likeness (QED) is 0.252. The van der Waals surface area contributed by atoms with Gasteiger partial charge in [0.25, 0.3) is 0 Å². The number of carbonyl (C=O) groups excluding carboxylic acids is 1. The number of ether oxygens (including phenoxy) is 2. The molecule has 1 aromatic heterocycles. The monoisotopic (exact) mass is 417 g/mol. The number of aromatic nitrogens is 1. The smallest absolute Gasteiger partial charge is 0.343 e. The van der Waals surface area contributed by atoms with Gasteiger partial charge >= 0.3 is 5.97 Å². The van der Waals surface area contributed by atoms with Crippen LogP contribution in [0.5, 0.6) is 11.5 Å². The first-order valence-electron chi connectivity index (χ1n) is 11.2. The molecule has 0 atom stereocenters. The van der Waals surface area contributed by atoms with E-state index >= 15 is 0 Å². The maximum Gasteiger partial charge on any atom is 0.343 e. The molecule has 4 nitrogen and oxygen atoms in total. The molecular weight excluding hydrogens is 386 g/mol. The third-order valence-electron chi connectivity index (χ3n) is 5.17. The molecule has 0 aliphatic heterocycles. The molecule has 3 rings (SSSR count). The first kappa shape index (κ1) is 22.5. The van der Waals surface area contributed by atoms with E-state index in [2.05, 4.69) is 11.9 Å². The van der Waals surface area contributed by atoms with E-state index in [1.165, 1.54) is 37.7 Å². The van der Waals surface area contributed by atoms with Crippen LogP contribution in [0, 0.1) is 0 Å². The van der Waals surface area contributed by atoms with Crippen molar-refractivity contribution in [2.75, 3.05) is 6.61 Å². The number of pyridine rings is 1. The van der Waals surface area contributed by atoms with Crippen molar-refractivity contribution in [2.45, 2.75) is 52.4 Å². The predicted molar refractivity (Wildman–Crippen MR) is 125 cm³/mol. The third kappa shape index (κ3) is 6.95. The van der Waals surface area contributed by atoms with Crippen molar-refractivity contribution >= 4 is 5.97 Å². The number of hydrogen-bond donors (Lipinski definition) is 0. The van der Waals surface area contributed by atoms with Gasteiger partial charge in [0.15, 0.2) is 0 Å². The molecule has 0 unspecified atom stereocenters. The summed E-state index contributed by atoms with van der Waals surface area (Å²) in [5, 5.41) is 0. The molecule has 0 bridgehead atoms. The number of carbonyl (C=O) groups is 1. The van der Waals surface area contributed by atoms with Crippen LogP contribution in [0.3, 0.4) is 0 Å². The highest BCUT2D eigenvalue weighted by Crippen LogP contribution is 2.23. The highest BCUT2D eigenvalue weighted by molar-refractivity contribution is 5.91. The summed E-state index contributed by atoms with van der Waals surface area (Å²) in [4.78, 5) is 16.9. The maximum atomic E-state index is 12.4. The van der Waals surface area contributed by atoms with Crippen LogP contribution in [0.2, 0.25) is 0 Å². The molecule has 0 N–H and O–H groups in total. The van der Waals surface area contributed by atoms with Gasteiger partial charge in [-0.05, 0) is 73.9 Å². The Morgan fingerprint density at radius 1 is 0.806 bits per heavy atom. The summed E-state index contributed by atoms with van der Waals surface area (Å²) in [5.74, 6) is 0.893. The number of unbranched alkanes of at least 4 members (excludes halogenated alkanes) is 4. The number of hydrogen-bond acceptors (Lipinski definition) is 4. The van der Waals surface area contributed by atoms with Crippen molar-refractivity contribution in [1.82, 2.24) is 4.98 Å². The van der Waals surface area contributed by atoms with Gasteiger partial charge < -0.3 is 9.47 Å². The molecule has 0 saturated heterocycles. The average Bonchev–Trinajstić information content (AvgIpc) is 2.81. The minimum Gasteiger partial charge on any atom is -0.494 e. The predicted octanol–water partition coefficient (Wildman–Crippen LogP) is 6.88. The number of aryl methyl sites for hydroxylation is 1. The van der Waals surface area contributed by atoms with Crippen LogP contribution in [0.25, 0.3) is 11.3 Å². The molecule has 3 aromatic rings. The van der Waals surface area contributed by atoms with Crippen LogP contribution in [0.15, 0.2) is 66.9 Å². The lowest BCUT2D eigenvalue weighted by Gasteiger charge is -2.07. The second kappa shape index (κ2) is 11.9. The van der Waals surface area contributed by atoms with Gasteiger partial charge in [-0.15, -0.1) is 0 Å². The lowest BCUT2D eigenvalue weighted by atomic mass is 10.0. The SMILES string of the molecule is CCCCCCCc1ccc(C(=O)Oc2ccc(-c3ccc(OCC)cc3)nc2)cc1. The van der Waals surface area contributed by atoms with Gasteiger partial charge in [-0.2, -0.15) is 0 Å². The summed E-state index contributed by atoms with van der Waals surface area (Å²) in [5.41, 5.74) is 3.59. The summed E-state index contributed by atoms with van der Waals surface area (Å²) >= 11 is 0. The molecule has 4 heteroatoms. The molecule has 0 amide bonds. The number of benzene rings is 2. The second-order valence-corrected chi connectivity index (χ2v) is 7.59. The van der Waals surface area contributed by atoms with Gasteiger partial charge in [0.2, 0.25) is 0 Å². The minimum absolute atomic E-state index is 0.370. The topological polar surface area (TPSA) is 48.4 Å². The fourth-order valence-corrected chi connectivity index (χ4v) is 3.41. The highest BCUT2D eigenvalue weighted by atomic mass is 16.5. The Kier molecular flexibility index (Phi) is 8.65. The van der Waals surface area contributed by atoms with Gasteiger partial charge in [0.05, 0.1) is 24.1 Å². The van der Waals surface area contributed by atoms with Gasteiger partial charge in [0.1, 0.15) is 11.5 Å². The van der Waals surface area contributed by atoms with E-state index in [0.717, 1.165) is 23.4 Å². The second-order valence-electron chi connectivity index (χ2n) is 7.59. The summed E-state index contributed by atoms with van der Waals surface area (Å²) in [6, 6.07) is 19.1. The van der Waals surface area contributed by atoms with Gasteiger partial charge in [-0.1, -0.05) is 44.7 Å². The van der Waals surface area contributed by atoms with Crippen molar-refractivity contribution in [2.24, 2.45) is 0 Å². The van der Waals surface area contributed by atoms with Crippen molar-refractivity contribution in [3.8, 4) is 22.8 Å². The molecule has 0 aliphatic carbocycles. The largest absolute Gasteiger partial charge is 0.494 e. The molecule has 0 aliphatic rings. The number of esters is 1. The van der Waals surface area contributed by atoms with E-state index in [9.17, 15) is 4.79 Å². The zero-order valence-electron chi connectivity index (χ0n) is 18.5. The fraction of sp³-hybridized carbons (Fsp3) is 0.333. The van der Waals surface area contributed by atoms with E-state index in [-0.39, 0.29) is 5.97 Å². The van der Waals surface area contributed by atoms with Crippen molar-refractivity contribution in [3.63, 3.8) is 0 Å². The Labute approximate surface area is 185 Å². The van der Waals surface area contributed by atoms with Gasteiger partial charge in [-0.25, -0.2) is 4.79 Å². The standard InChI is InChI=1S/C27H31NO3/c1-3-5-6-7-8-9-21-10-12-23(13-11-21)27(29)31-25-18-19-26(28-20-25)22-14-16-24(17-15-22)30-4-2/h10-20H,3-9H2,1-2H3. The molecule has 0 spiro atoms. The summed E-state index contributed by atoms with van der Waals surface area (Å²) in [7, 11) is 0. The molecule has 0 fully saturated rings. The molecular formula is C27H31NO3. The van der Waals surface area contributed by atoms with E-state index in [0.29, 0.717) is 17.9 Å². The fourth-order valence-electron chi connectivity index (χ4n) is 3.41. The van der Waals surface area contributed by atoms with Crippen molar-refractivity contribution in [1.29, 1.82) is 0 Å². The molecule has 0 saturated carbocycles. The normalized spacial score (nSPS) is 10.6. The first-order chi connectivity index (χ1) is 15.2. The Morgan fingerprint density at radius 2 is 1.52 bits per heavy atom. The summed E-state index contributed by atoms with van der Waals surface area (Å²) in [6.07, 6.45) is 8.95. The zero-order valence-corrected chi connectivity index (χ0v) is 18.5. The van der Waals surface area contributed by atoms with E-state index in [4.69, 9.17) is 9.47 Å². The molecule has 1 heterocycles. The molecule has 0 radical (unpaired) electrons. The lowest BCUT2D eigenvalue weighted by Crippen LogP contribution is -2.08. The van der Waals surface area contributed by atoms with Crippen LogP contribution < -0.4 is 9.47 Å². The number of rotatable bonds is 11. The Hall–Kier alpha value is -3.14. The van der Waals surface area contributed by atoms with Crippen LogP contribution in [-0.2, 0) is 6.42 Å². The Balaban J connectivity index is 1.53. The zero-order chi connectivity index (χ0) is 21.9. The van der Waals surface area contributed by atoms with Gasteiger partial charge in [-0.3, -0.25) is 4.98 Å². The Bertz CT molecular complexity index is 932. The van der Waals surface area contributed by atoms with E-state index < -0.39 is 0 Å². The van der Waals surface area contributed by atoms with E-state index in [1.807, 2.05) is 61.5 Å². The number of nitrogens with zero attached hydrogens (tertiary/aromatic N) is 1. The van der Waals surface area contributed by atoms with E-state index in [1.54, 1.807) is 12.3 Å². The van der Waals surface area contributed by atoms with Crippen molar-refractivity contribution in [3.05, 3.63) is 78.0 Å². The van der Waals surface area contributed by atoms with Gasteiger partial charge in [0, 0.05) is 5.56 Å². The third-order valence-corrected chi connectivity index (χ3v) is 5.17. The molecule has 162 valence electrons. The van der Waals surface area contributed by atoms with Crippen LogP contribution >= 0.6 is 0 Å². The summed E-state index contributed by atoms with van der Waals surface area (Å²) in [6.45, 7) is 4.82. The van der Waals surface area contributed by atoms with Crippen LogP contribution in [-0.4, -0.2) is 17.6 Å². The molecule has 31 heavy (non-hydrogen) atoms. The Morgan fingerprint density at radius 3 is 2.16 bits per heavy atom.